The van der Waals surface area contributed by atoms with Crippen LogP contribution in [0, 0.1) is 0 Å². The molecule has 4 N–H and O–H groups in total. The lowest BCUT2D eigenvalue weighted by molar-refractivity contribution is -0.124. The number of aliphatic hydroxyl groups excluding tert-OH is 3. The summed E-state index contributed by atoms with van der Waals surface area (Å²) in [6.07, 6.45) is 45.7. The fraction of sp³-hybridized carbons (Fsp3) is 0.884. The maximum atomic E-state index is 12.4. The van der Waals surface area contributed by atoms with Crippen LogP contribution in [0.3, 0.4) is 0 Å². The largest absolute Gasteiger partial charge is 0.394 e. The van der Waals surface area contributed by atoms with Gasteiger partial charge in [-0.05, 0) is 51.4 Å². The summed E-state index contributed by atoms with van der Waals surface area (Å²) in [5.74, 6) is -0.159. The van der Waals surface area contributed by atoms with Crippen molar-refractivity contribution in [2.24, 2.45) is 0 Å². The highest BCUT2D eigenvalue weighted by molar-refractivity contribution is 5.76. The molecule has 284 valence electrons. The standard InChI is InChI=1S/C43H83NO4/c1-3-5-7-9-11-13-15-17-18-19-20-21-22-23-24-25-26-27-29-31-33-35-37-41(46)43(48)40(39-45)44-42(47)38-36-34-32-30-28-16-14-12-10-8-6-4-2/h24-25,29,31,40-41,43,45-46,48H,3-23,26-28,30,32-39H2,1-2H3,(H,44,47)/b25-24+,31-29+. The number of hydrogen-bond acceptors (Lipinski definition) is 4. The van der Waals surface area contributed by atoms with E-state index in [0.717, 1.165) is 44.9 Å². The van der Waals surface area contributed by atoms with Gasteiger partial charge < -0.3 is 20.6 Å². The molecule has 5 heteroatoms. The highest BCUT2D eigenvalue weighted by Gasteiger charge is 2.26. The molecule has 0 aliphatic carbocycles. The highest BCUT2D eigenvalue weighted by Crippen LogP contribution is 2.15. The zero-order valence-electron chi connectivity index (χ0n) is 32.1. The molecule has 0 rings (SSSR count). The molecule has 0 radical (unpaired) electrons. The quantitative estimate of drug-likeness (QED) is 0.0387. The van der Waals surface area contributed by atoms with Crippen LogP contribution in [-0.2, 0) is 4.79 Å². The van der Waals surface area contributed by atoms with Crippen molar-refractivity contribution < 1.29 is 20.1 Å². The first-order chi connectivity index (χ1) is 23.6. The molecule has 0 fully saturated rings. The van der Waals surface area contributed by atoms with Gasteiger partial charge in [0.25, 0.3) is 0 Å². The lowest BCUT2D eigenvalue weighted by atomic mass is 10.0. The second-order valence-electron chi connectivity index (χ2n) is 14.5. The Balaban J connectivity index is 3.68. The average molecular weight is 678 g/mol. The predicted octanol–water partition coefficient (Wildman–Crippen LogP) is 11.8. The predicted molar refractivity (Wildman–Crippen MR) is 208 cm³/mol. The third-order valence-corrected chi connectivity index (χ3v) is 9.79. The van der Waals surface area contributed by atoms with Crippen LogP contribution < -0.4 is 5.32 Å². The first-order valence-corrected chi connectivity index (χ1v) is 21.1. The Hall–Kier alpha value is -1.17. The molecule has 0 aromatic carbocycles. The fourth-order valence-electron chi connectivity index (χ4n) is 6.47. The summed E-state index contributed by atoms with van der Waals surface area (Å²) in [5, 5.41) is 33.4. The van der Waals surface area contributed by atoms with Gasteiger partial charge in [0.2, 0.25) is 5.91 Å². The molecular weight excluding hydrogens is 594 g/mol. The summed E-state index contributed by atoms with van der Waals surface area (Å²) >= 11 is 0. The zero-order chi connectivity index (χ0) is 35.2. The minimum atomic E-state index is -1.16. The van der Waals surface area contributed by atoms with Crippen molar-refractivity contribution in [1.29, 1.82) is 0 Å². The van der Waals surface area contributed by atoms with E-state index in [4.69, 9.17) is 0 Å². The lowest BCUT2D eigenvalue weighted by Crippen LogP contribution is -2.50. The molecule has 1 amide bonds. The second kappa shape index (κ2) is 38.6. The first kappa shape index (κ1) is 46.8. The number of unbranched alkanes of at least 4 members (excludes halogenated alkanes) is 26. The van der Waals surface area contributed by atoms with Gasteiger partial charge in [-0.2, -0.15) is 0 Å². The Morgan fingerprint density at radius 1 is 0.500 bits per heavy atom. The van der Waals surface area contributed by atoms with Crippen molar-refractivity contribution in [3.8, 4) is 0 Å². The average Bonchev–Trinajstić information content (AvgIpc) is 3.09. The third kappa shape index (κ3) is 33.3. The summed E-state index contributed by atoms with van der Waals surface area (Å²) in [7, 11) is 0. The molecule has 48 heavy (non-hydrogen) atoms. The van der Waals surface area contributed by atoms with E-state index < -0.39 is 18.2 Å². The third-order valence-electron chi connectivity index (χ3n) is 9.79. The van der Waals surface area contributed by atoms with Crippen LogP contribution in [0.2, 0.25) is 0 Å². The number of aliphatic hydroxyl groups is 3. The minimum absolute atomic E-state index is 0.159. The van der Waals surface area contributed by atoms with E-state index >= 15 is 0 Å². The number of hydrogen-bond donors (Lipinski definition) is 4. The van der Waals surface area contributed by atoms with Crippen LogP contribution in [0.4, 0.5) is 0 Å². The van der Waals surface area contributed by atoms with Gasteiger partial charge in [-0.25, -0.2) is 0 Å². The first-order valence-electron chi connectivity index (χ1n) is 21.1. The van der Waals surface area contributed by atoms with Crippen LogP contribution in [0.1, 0.15) is 219 Å². The molecule has 0 aromatic heterocycles. The summed E-state index contributed by atoms with van der Waals surface area (Å²) in [6.45, 7) is 4.16. The fourth-order valence-corrected chi connectivity index (χ4v) is 6.47. The van der Waals surface area contributed by atoms with Crippen molar-refractivity contribution >= 4 is 5.91 Å². The van der Waals surface area contributed by atoms with Crippen LogP contribution >= 0.6 is 0 Å². The van der Waals surface area contributed by atoms with Gasteiger partial charge in [-0.1, -0.05) is 186 Å². The van der Waals surface area contributed by atoms with Crippen molar-refractivity contribution in [2.45, 2.75) is 238 Å². The van der Waals surface area contributed by atoms with E-state index in [-0.39, 0.29) is 12.5 Å². The van der Waals surface area contributed by atoms with Gasteiger partial charge in [-0.3, -0.25) is 4.79 Å². The number of rotatable bonds is 38. The topological polar surface area (TPSA) is 89.8 Å². The van der Waals surface area contributed by atoms with Gasteiger partial charge in [0.05, 0.1) is 18.8 Å². The second-order valence-corrected chi connectivity index (χ2v) is 14.5. The molecule has 0 heterocycles. The Morgan fingerprint density at radius 2 is 0.854 bits per heavy atom. The van der Waals surface area contributed by atoms with E-state index in [9.17, 15) is 20.1 Å². The molecule has 0 spiro atoms. The Bertz CT molecular complexity index is 709. The normalized spacial score (nSPS) is 13.9. The monoisotopic (exact) mass is 678 g/mol. The van der Waals surface area contributed by atoms with Crippen LogP contribution in [0.25, 0.3) is 0 Å². The lowest BCUT2D eigenvalue weighted by Gasteiger charge is -2.26. The molecule has 0 saturated heterocycles. The molecule has 3 unspecified atom stereocenters. The number of nitrogens with one attached hydrogen (secondary N) is 1. The molecule has 0 saturated carbocycles. The van der Waals surface area contributed by atoms with E-state index in [2.05, 4.69) is 43.5 Å². The Labute approximate surface area is 299 Å². The van der Waals surface area contributed by atoms with Crippen molar-refractivity contribution in [3.05, 3.63) is 24.3 Å². The van der Waals surface area contributed by atoms with Crippen LogP contribution in [0.15, 0.2) is 24.3 Å². The molecule has 0 aliphatic heterocycles. The molecule has 0 bridgehead atoms. The van der Waals surface area contributed by atoms with E-state index in [1.807, 2.05) is 0 Å². The van der Waals surface area contributed by atoms with Crippen molar-refractivity contribution in [3.63, 3.8) is 0 Å². The smallest absolute Gasteiger partial charge is 0.220 e. The molecule has 0 aromatic rings. The Kier molecular flexibility index (Phi) is 37.7. The molecule has 0 aliphatic rings. The summed E-state index contributed by atoms with van der Waals surface area (Å²) in [5.41, 5.74) is 0. The molecular formula is C43H83NO4. The van der Waals surface area contributed by atoms with Crippen LogP contribution in [-0.4, -0.2) is 46.1 Å². The maximum absolute atomic E-state index is 12.4. The number of carbonyl (C=O) groups is 1. The molecule has 3 atom stereocenters. The highest BCUT2D eigenvalue weighted by atomic mass is 16.3. The van der Waals surface area contributed by atoms with Gasteiger partial charge in [0.15, 0.2) is 0 Å². The van der Waals surface area contributed by atoms with Gasteiger partial charge in [0, 0.05) is 6.42 Å². The van der Waals surface area contributed by atoms with E-state index in [1.54, 1.807) is 0 Å². The summed E-state index contributed by atoms with van der Waals surface area (Å²) < 4.78 is 0. The van der Waals surface area contributed by atoms with E-state index in [1.165, 1.54) is 148 Å². The van der Waals surface area contributed by atoms with Gasteiger partial charge in [0.1, 0.15) is 6.10 Å². The van der Waals surface area contributed by atoms with Crippen molar-refractivity contribution in [1.82, 2.24) is 5.32 Å². The van der Waals surface area contributed by atoms with Gasteiger partial charge >= 0.3 is 0 Å². The maximum Gasteiger partial charge on any atom is 0.220 e. The number of carbonyl (C=O) groups excluding carboxylic acids is 1. The zero-order valence-corrected chi connectivity index (χ0v) is 32.1. The summed E-state index contributed by atoms with van der Waals surface area (Å²) in [6, 6.07) is -0.827. The number of amides is 1. The van der Waals surface area contributed by atoms with Gasteiger partial charge in [-0.15, -0.1) is 0 Å². The van der Waals surface area contributed by atoms with Crippen molar-refractivity contribution in [2.75, 3.05) is 6.61 Å². The van der Waals surface area contributed by atoms with Crippen LogP contribution in [0.5, 0.6) is 0 Å². The number of allylic oxidation sites excluding steroid dienone is 4. The van der Waals surface area contributed by atoms with E-state index in [0.29, 0.717) is 12.8 Å². The Morgan fingerprint density at radius 3 is 1.27 bits per heavy atom. The summed E-state index contributed by atoms with van der Waals surface area (Å²) in [4.78, 5) is 12.4. The minimum Gasteiger partial charge on any atom is -0.394 e. The SMILES string of the molecule is CCCCCCCCCCCCCCC/C=C/CC/C=C/CCCC(O)C(O)C(CO)NC(=O)CCCCCCCCCCCCCC. The molecule has 5 nitrogen and oxygen atoms in total.